The van der Waals surface area contributed by atoms with Crippen LogP contribution in [-0.2, 0) is 15.8 Å². The Morgan fingerprint density at radius 3 is 2.41 bits per heavy atom. The van der Waals surface area contributed by atoms with E-state index in [1.165, 1.54) is 18.2 Å². The van der Waals surface area contributed by atoms with Crippen molar-refractivity contribution in [3.8, 4) is 0 Å². The lowest BCUT2D eigenvalue weighted by Crippen LogP contribution is -2.36. The summed E-state index contributed by atoms with van der Waals surface area (Å²) in [6.45, 7) is -0.686. The Bertz CT molecular complexity index is 1010. The molecule has 0 radical (unpaired) electrons. The summed E-state index contributed by atoms with van der Waals surface area (Å²) in [5.41, 5.74) is -0.776. The summed E-state index contributed by atoms with van der Waals surface area (Å²) >= 11 is 3.95. The van der Waals surface area contributed by atoms with Gasteiger partial charge in [-0.2, -0.15) is 13.2 Å². The number of hydrogen-bond donors (Lipinski definition) is 1. The zero-order valence-electron chi connectivity index (χ0n) is 14.5. The fraction of sp³-hybridized carbons (Fsp3) is 0.105. The second-order valence-electron chi connectivity index (χ2n) is 5.91. The van der Waals surface area contributed by atoms with Gasteiger partial charge in [-0.15, -0.1) is 0 Å². The summed E-state index contributed by atoms with van der Waals surface area (Å²) in [4.78, 5) is 37.6. The number of nitrogens with one attached hydrogen (secondary N) is 1. The molecule has 0 aromatic heterocycles. The number of benzene rings is 2. The van der Waals surface area contributed by atoms with Gasteiger partial charge in [-0.3, -0.25) is 19.3 Å². The number of rotatable bonds is 4. The summed E-state index contributed by atoms with van der Waals surface area (Å²) < 4.78 is 39.9. The number of amides is 3. The van der Waals surface area contributed by atoms with E-state index in [4.69, 9.17) is 0 Å². The van der Waals surface area contributed by atoms with E-state index in [2.05, 4.69) is 21.2 Å². The third-order valence-corrected chi connectivity index (χ3v) is 5.29. The van der Waals surface area contributed by atoms with Crippen molar-refractivity contribution in [3.05, 3.63) is 69.0 Å². The van der Waals surface area contributed by atoms with E-state index in [0.29, 0.717) is 22.2 Å². The van der Waals surface area contributed by atoms with E-state index in [1.54, 1.807) is 24.3 Å². The molecule has 1 heterocycles. The topological polar surface area (TPSA) is 66.5 Å². The first-order valence-corrected chi connectivity index (χ1v) is 9.73. The molecular weight excluding hydrogens is 473 g/mol. The van der Waals surface area contributed by atoms with E-state index >= 15 is 0 Å². The molecule has 0 atom stereocenters. The van der Waals surface area contributed by atoms with Crippen LogP contribution in [0, 0.1) is 0 Å². The van der Waals surface area contributed by atoms with Gasteiger partial charge in [0.25, 0.3) is 11.1 Å². The number of thioether (sulfide) groups is 1. The molecule has 1 aliphatic heterocycles. The smallest absolute Gasteiger partial charge is 0.324 e. The van der Waals surface area contributed by atoms with Crippen molar-refractivity contribution < 1.29 is 27.6 Å². The lowest BCUT2D eigenvalue weighted by atomic mass is 10.1. The van der Waals surface area contributed by atoms with E-state index in [9.17, 15) is 27.6 Å². The maximum atomic E-state index is 13.0. The van der Waals surface area contributed by atoms with Crippen LogP contribution in [0.4, 0.5) is 23.7 Å². The summed E-state index contributed by atoms with van der Waals surface area (Å²) in [6, 6.07) is 11.5. The fourth-order valence-electron chi connectivity index (χ4n) is 2.52. The Morgan fingerprint density at radius 2 is 1.76 bits per heavy atom. The summed E-state index contributed by atoms with van der Waals surface area (Å²) in [6.07, 6.45) is -3.15. The Labute approximate surface area is 176 Å². The predicted molar refractivity (Wildman–Crippen MR) is 107 cm³/mol. The van der Waals surface area contributed by atoms with Crippen molar-refractivity contribution >= 4 is 56.5 Å². The standard InChI is InChI=1S/C19H12BrF3N2O3S/c20-12-7-5-11(6-8-12)9-15-17(27)25(18(28)29-15)10-16(26)24-14-4-2-1-3-13(14)19(21,22)23/h1-9H,10H2,(H,24,26)/b15-9-. The largest absolute Gasteiger partial charge is 0.418 e. The molecule has 1 saturated heterocycles. The van der Waals surface area contributed by atoms with Crippen LogP contribution >= 0.6 is 27.7 Å². The Morgan fingerprint density at radius 1 is 1.10 bits per heavy atom. The highest BCUT2D eigenvalue weighted by Gasteiger charge is 2.37. The van der Waals surface area contributed by atoms with Crippen molar-refractivity contribution in [1.82, 2.24) is 4.90 Å². The average Bonchev–Trinajstić information content (AvgIpc) is 2.90. The van der Waals surface area contributed by atoms with Gasteiger partial charge in [0.2, 0.25) is 5.91 Å². The minimum absolute atomic E-state index is 0.126. The van der Waals surface area contributed by atoms with Crippen LogP contribution in [0.1, 0.15) is 11.1 Å². The Kier molecular flexibility index (Phi) is 6.13. The monoisotopic (exact) mass is 484 g/mol. The molecule has 150 valence electrons. The van der Waals surface area contributed by atoms with Crippen LogP contribution in [0.5, 0.6) is 0 Å². The number of para-hydroxylation sites is 1. The lowest BCUT2D eigenvalue weighted by Gasteiger charge is -2.15. The normalized spacial score (nSPS) is 15.9. The van der Waals surface area contributed by atoms with Gasteiger partial charge >= 0.3 is 6.18 Å². The number of halogens is 4. The van der Waals surface area contributed by atoms with Crippen LogP contribution in [-0.4, -0.2) is 28.5 Å². The van der Waals surface area contributed by atoms with Gasteiger partial charge in [-0.05, 0) is 47.7 Å². The Hall–Kier alpha value is -2.59. The number of carbonyl (C=O) groups excluding carboxylic acids is 3. The van der Waals surface area contributed by atoms with Crippen molar-refractivity contribution in [2.45, 2.75) is 6.18 Å². The van der Waals surface area contributed by atoms with E-state index in [-0.39, 0.29) is 4.91 Å². The molecule has 0 spiro atoms. The van der Waals surface area contributed by atoms with Gasteiger partial charge in [0.1, 0.15) is 6.54 Å². The van der Waals surface area contributed by atoms with Crippen molar-refractivity contribution in [2.75, 3.05) is 11.9 Å². The lowest BCUT2D eigenvalue weighted by molar-refractivity contribution is -0.137. The highest BCUT2D eigenvalue weighted by Crippen LogP contribution is 2.35. The zero-order valence-corrected chi connectivity index (χ0v) is 16.9. The van der Waals surface area contributed by atoms with E-state index in [0.717, 1.165) is 16.6 Å². The van der Waals surface area contributed by atoms with Crippen LogP contribution < -0.4 is 5.32 Å². The van der Waals surface area contributed by atoms with E-state index < -0.39 is 41.0 Å². The molecule has 3 rings (SSSR count). The molecule has 2 aromatic rings. The molecule has 0 bridgehead atoms. The molecule has 0 aliphatic carbocycles. The number of anilines is 1. The Balaban J connectivity index is 1.72. The molecule has 5 nitrogen and oxygen atoms in total. The third kappa shape index (κ3) is 5.07. The molecule has 1 aliphatic rings. The molecule has 3 amide bonds. The number of carbonyl (C=O) groups is 3. The minimum Gasteiger partial charge on any atom is -0.324 e. The summed E-state index contributed by atoms with van der Waals surface area (Å²) in [7, 11) is 0. The summed E-state index contributed by atoms with van der Waals surface area (Å²) in [5.74, 6) is -1.59. The van der Waals surface area contributed by atoms with Gasteiger partial charge < -0.3 is 5.32 Å². The number of nitrogens with zero attached hydrogens (tertiary/aromatic N) is 1. The maximum absolute atomic E-state index is 13.0. The summed E-state index contributed by atoms with van der Waals surface area (Å²) in [5, 5.41) is 1.45. The minimum atomic E-state index is -4.65. The molecule has 2 aromatic carbocycles. The van der Waals surface area contributed by atoms with Gasteiger partial charge in [0, 0.05) is 4.47 Å². The zero-order chi connectivity index (χ0) is 21.2. The SMILES string of the molecule is O=C(CN1C(=O)S/C(=C\c2ccc(Br)cc2)C1=O)Nc1ccccc1C(F)(F)F. The van der Waals surface area contributed by atoms with Gasteiger partial charge in [0.05, 0.1) is 16.2 Å². The first-order valence-electron chi connectivity index (χ1n) is 8.12. The van der Waals surface area contributed by atoms with E-state index in [1.807, 2.05) is 0 Å². The third-order valence-electron chi connectivity index (χ3n) is 3.85. The molecule has 1 N–H and O–H groups in total. The van der Waals surface area contributed by atoms with Crippen LogP contribution in [0.3, 0.4) is 0 Å². The quantitative estimate of drug-likeness (QED) is 0.609. The van der Waals surface area contributed by atoms with Crippen LogP contribution in [0.25, 0.3) is 6.08 Å². The first-order chi connectivity index (χ1) is 13.6. The van der Waals surface area contributed by atoms with Gasteiger partial charge in [0.15, 0.2) is 0 Å². The second-order valence-corrected chi connectivity index (χ2v) is 7.82. The number of hydrogen-bond acceptors (Lipinski definition) is 4. The molecule has 0 unspecified atom stereocenters. The number of imide groups is 1. The highest BCUT2D eigenvalue weighted by molar-refractivity contribution is 9.10. The maximum Gasteiger partial charge on any atom is 0.418 e. The predicted octanol–water partition coefficient (Wildman–Crippen LogP) is 5.14. The molecule has 0 saturated carbocycles. The molecule has 1 fully saturated rings. The highest BCUT2D eigenvalue weighted by atomic mass is 79.9. The fourth-order valence-corrected chi connectivity index (χ4v) is 3.62. The van der Waals surface area contributed by atoms with Crippen LogP contribution in [0.15, 0.2) is 57.9 Å². The second kappa shape index (κ2) is 8.42. The van der Waals surface area contributed by atoms with Gasteiger partial charge in [-0.25, -0.2) is 0 Å². The van der Waals surface area contributed by atoms with Crippen molar-refractivity contribution in [3.63, 3.8) is 0 Å². The molecular formula is C19H12BrF3N2O3S. The van der Waals surface area contributed by atoms with Crippen molar-refractivity contribution in [2.24, 2.45) is 0 Å². The molecule has 29 heavy (non-hydrogen) atoms. The number of alkyl halides is 3. The average molecular weight is 485 g/mol. The van der Waals surface area contributed by atoms with Crippen LogP contribution in [0.2, 0.25) is 0 Å². The van der Waals surface area contributed by atoms with Crippen molar-refractivity contribution in [1.29, 1.82) is 0 Å². The first kappa shape index (κ1) is 21.1. The molecule has 10 heteroatoms. The van der Waals surface area contributed by atoms with Gasteiger partial charge in [-0.1, -0.05) is 40.2 Å².